The Morgan fingerprint density at radius 1 is 1.00 bits per heavy atom. The molecule has 0 bridgehead atoms. The number of carboxylic acids is 1. The number of para-hydroxylation sites is 1. The molecule has 2 aromatic carbocycles. The van der Waals surface area contributed by atoms with Crippen molar-refractivity contribution in [1.29, 1.82) is 0 Å². The SMILES string of the molecule is O=C(O)c1sc(-c2n[nH]c3ccccc23)nc1-c1ccccc1. The predicted molar refractivity (Wildman–Crippen MR) is 89.6 cm³/mol. The molecule has 0 saturated heterocycles. The first-order valence-corrected chi connectivity index (χ1v) is 7.78. The van der Waals surface area contributed by atoms with Crippen molar-refractivity contribution in [3.63, 3.8) is 0 Å². The molecule has 5 nitrogen and oxygen atoms in total. The van der Waals surface area contributed by atoms with Crippen LogP contribution in [0.15, 0.2) is 54.6 Å². The third kappa shape index (κ3) is 2.29. The number of hydrogen-bond acceptors (Lipinski definition) is 4. The number of hydrogen-bond donors (Lipinski definition) is 2. The van der Waals surface area contributed by atoms with E-state index in [0.717, 1.165) is 27.8 Å². The fraction of sp³-hybridized carbons (Fsp3) is 0. The third-order valence-electron chi connectivity index (χ3n) is 3.54. The molecule has 2 N–H and O–H groups in total. The molecule has 6 heteroatoms. The van der Waals surface area contributed by atoms with E-state index < -0.39 is 5.97 Å². The number of H-pyrrole nitrogens is 1. The van der Waals surface area contributed by atoms with E-state index in [4.69, 9.17) is 0 Å². The average Bonchev–Trinajstić information content (AvgIpc) is 3.19. The summed E-state index contributed by atoms with van der Waals surface area (Å²) in [5, 5.41) is 18.3. The predicted octanol–water partition coefficient (Wildman–Crippen LogP) is 4.05. The molecule has 0 aliphatic rings. The maximum Gasteiger partial charge on any atom is 0.348 e. The topological polar surface area (TPSA) is 78.9 Å². The Bertz CT molecular complexity index is 1010. The smallest absolute Gasteiger partial charge is 0.348 e. The molecule has 0 aliphatic carbocycles. The van der Waals surface area contributed by atoms with Gasteiger partial charge in [0.15, 0.2) is 0 Å². The molecule has 23 heavy (non-hydrogen) atoms. The molecular formula is C17H11N3O2S. The van der Waals surface area contributed by atoms with Crippen molar-refractivity contribution < 1.29 is 9.90 Å². The van der Waals surface area contributed by atoms with Crippen LogP contribution in [-0.2, 0) is 0 Å². The Morgan fingerprint density at radius 2 is 1.74 bits per heavy atom. The number of nitrogens with one attached hydrogen (secondary N) is 1. The van der Waals surface area contributed by atoms with E-state index in [0.29, 0.717) is 16.4 Å². The summed E-state index contributed by atoms with van der Waals surface area (Å²) >= 11 is 1.14. The Kier molecular flexibility index (Phi) is 3.17. The number of carboxylic acid groups (broad SMARTS) is 1. The lowest BCUT2D eigenvalue weighted by Gasteiger charge is -1.97. The van der Waals surface area contributed by atoms with Gasteiger partial charge in [-0.3, -0.25) is 5.10 Å². The first-order chi connectivity index (χ1) is 11.2. The monoisotopic (exact) mass is 321 g/mol. The van der Waals surface area contributed by atoms with Gasteiger partial charge in [0.2, 0.25) is 0 Å². The van der Waals surface area contributed by atoms with Gasteiger partial charge < -0.3 is 5.11 Å². The van der Waals surface area contributed by atoms with Crippen LogP contribution in [0.5, 0.6) is 0 Å². The van der Waals surface area contributed by atoms with Crippen molar-refractivity contribution in [2.24, 2.45) is 0 Å². The number of nitrogens with zero attached hydrogens (tertiary/aromatic N) is 2. The molecule has 2 aromatic heterocycles. The van der Waals surface area contributed by atoms with Crippen LogP contribution in [0.3, 0.4) is 0 Å². The maximum atomic E-state index is 11.6. The number of aromatic nitrogens is 3. The molecule has 112 valence electrons. The van der Waals surface area contributed by atoms with E-state index in [1.165, 1.54) is 0 Å². The molecule has 4 aromatic rings. The number of aromatic carboxylic acids is 1. The van der Waals surface area contributed by atoms with Gasteiger partial charge in [0.25, 0.3) is 0 Å². The van der Waals surface area contributed by atoms with Crippen molar-refractivity contribution in [2.75, 3.05) is 0 Å². The van der Waals surface area contributed by atoms with Crippen molar-refractivity contribution in [3.8, 4) is 22.0 Å². The Hall–Kier alpha value is -2.99. The number of fused-ring (bicyclic) bond motifs is 1. The summed E-state index contributed by atoms with van der Waals surface area (Å²) in [6, 6.07) is 17.0. The summed E-state index contributed by atoms with van der Waals surface area (Å²) in [7, 11) is 0. The zero-order valence-electron chi connectivity index (χ0n) is 11.9. The second-order valence-corrected chi connectivity index (χ2v) is 5.98. The molecule has 0 radical (unpaired) electrons. The Morgan fingerprint density at radius 3 is 2.52 bits per heavy atom. The lowest BCUT2D eigenvalue weighted by atomic mass is 10.1. The molecule has 0 fully saturated rings. The van der Waals surface area contributed by atoms with Gasteiger partial charge in [0.1, 0.15) is 15.6 Å². The van der Waals surface area contributed by atoms with E-state index in [2.05, 4.69) is 15.2 Å². The normalized spacial score (nSPS) is 11.0. The zero-order chi connectivity index (χ0) is 15.8. The van der Waals surface area contributed by atoms with Crippen LogP contribution < -0.4 is 0 Å². The first kappa shape index (κ1) is 13.7. The van der Waals surface area contributed by atoms with Crippen LogP contribution in [0, 0.1) is 0 Å². The van der Waals surface area contributed by atoms with E-state index in [1.54, 1.807) is 0 Å². The number of rotatable bonds is 3. The summed E-state index contributed by atoms with van der Waals surface area (Å²) in [5.74, 6) is -0.979. The molecule has 0 atom stereocenters. The fourth-order valence-electron chi connectivity index (χ4n) is 2.48. The van der Waals surface area contributed by atoms with E-state index in [1.807, 2.05) is 54.6 Å². The van der Waals surface area contributed by atoms with E-state index >= 15 is 0 Å². The molecule has 0 amide bonds. The summed E-state index contributed by atoms with van der Waals surface area (Å²) in [6.07, 6.45) is 0. The highest BCUT2D eigenvalue weighted by Gasteiger charge is 2.21. The maximum absolute atomic E-state index is 11.6. The number of benzene rings is 2. The van der Waals surface area contributed by atoms with Gasteiger partial charge in [-0.25, -0.2) is 9.78 Å². The summed E-state index contributed by atoms with van der Waals surface area (Å²) < 4.78 is 0. The van der Waals surface area contributed by atoms with Gasteiger partial charge in [-0.1, -0.05) is 48.5 Å². The highest BCUT2D eigenvalue weighted by molar-refractivity contribution is 7.17. The van der Waals surface area contributed by atoms with Gasteiger partial charge in [-0.15, -0.1) is 11.3 Å². The molecule has 0 unspecified atom stereocenters. The van der Waals surface area contributed by atoms with Crippen LogP contribution in [0.1, 0.15) is 9.67 Å². The number of thiazole rings is 1. The van der Waals surface area contributed by atoms with E-state index in [-0.39, 0.29) is 4.88 Å². The average molecular weight is 321 g/mol. The Labute approximate surface area is 135 Å². The number of carbonyl (C=O) groups is 1. The van der Waals surface area contributed by atoms with Gasteiger partial charge >= 0.3 is 5.97 Å². The molecular weight excluding hydrogens is 310 g/mol. The minimum absolute atomic E-state index is 0.221. The van der Waals surface area contributed by atoms with Crippen molar-refractivity contribution in [1.82, 2.24) is 15.2 Å². The minimum Gasteiger partial charge on any atom is -0.477 e. The second-order valence-electron chi connectivity index (χ2n) is 4.99. The lowest BCUT2D eigenvalue weighted by molar-refractivity contribution is 0.0702. The molecule has 2 heterocycles. The fourth-order valence-corrected chi connectivity index (χ4v) is 3.41. The van der Waals surface area contributed by atoms with Crippen LogP contribution in [0.2, 0.25) is 0 Å². The minimum atomic E-state index is -0.979. The van der Waals surface area contributed by atoms with E-state index in [9.17, 15) is 9.90 Å². The van der Waals surface area contributed by atoms with Crippen LogP contribution in [0.4, 0.5) is 0 Å². The highest BCUT2D eigenvalue weighted by atomic mass is 32.1. The van der Waals surface area contributed by atoms with Crippen molar-refractivity contribution in [2.45, 2.75) is 0 Å². The first-order valence-electron chi connectivity index (χ1n) is 6.97. The molecule has 0 spiro atoms. The second kappa shape index (κ2) is 5.33. The molecule has 0 saturated carbocycles. The lowest BCUT2D eigenvalue weighted by Crippen LogP contribution is -1.95. The van der Waals surface area contributed by atoms with Gasteiger partial charge in [0, 0.05) is 10.9 Å². The quantitative estimate of drug-likeness (QED) is 0.596. The van der Waals surface area contributed by atoms with Crippen LogP contribution in [0.25, 0.3) is 32.9 Å². The summed E-state index contributed by atoms with van der Waals surface area (Å²) in [5.41, 5.74) is 2.84. The highest BCUT2D eigenvalue weighted by Crippen LogP contribution is 2.35. The van der Waals surface area contributed by atoms with Gasteiger partial charge in [-0.2, -0.15) is 5.10 Å². The molecule has 0 aliphatic heterocycles. The van der Waals surface area contributed by atoms with Crippen molar-refractivity contribution >= 4 is 28.2 Å². The van der Waals surface area contributed by atoms with Crippen molar-refractivity contribution in [3.05, 3.63) is 59.5 Å². The summed E-state index contributed by atoms with van der Waals surface area (Å²) in [4.78, 5) is 16.4. The third-order valence-corrected chi connectivity index (χ3v) is 4.59. The van der Waals surface area contributed by atoms with Gasteiger partial charge in [0.05, 0.1) is 11.2 Å². The Balaban J connectivity index is 1.93. The molecule has 4 rings (SSSR count). The largest absolute Gasteiger partial charge is 0.477 e. The summed E-state index contributed by atoms with van der Waals surface area (Å²) in [6.45, 7) is 0. The zero-order valence-corrected chi connectivity index (χ0v) is 12.7. The van der Waals surface area contributed by atoms with Gasteiger partial charge in [-0.05, 0) is 6.07 Å². The number of aromatic amines is 1. The standard InChI is InChI=1S/C17H11N3O2S/c21-17(22)15-13(10-6-2-1-3-7-10)18-16(23-15)14-11-8-4-5-9-12(11)19-20-14/h1-9H,(H,19,20)(H,21,22). The van der Waals surface area contributed by atoms with Crippen LogP contribution in [-0.4, -0.2) is 26.3 Å². The van der Waals surface area contributed by atoms with Crippen LogP contribution >= 0.6 is 11.3 Å².